The van der Waals surface area contributed by atoms with E-state index in [9.17, 15) is 13.9 Å². The number of rotatable bonds is 1. The zero-order chi connectivity index (χ0) is 11.1. The molecule has 5 nitrogen and oxygen atoms in total. The molecule has 0 unspecified atom stereocenters. The lowest BCUT2D eigenvalue weighted by molar-refractivity contribution is 0.209. The molecule has 1 aromatic rings. The SMILES string of the molecule is O=C(O)Nc1ccc2c(c1)S(O)(O)C=C2. The van der Waals surface area contributed by atoms with Crippen molar-refractivity contribution in [2.45, 2.75) is 4.90 Å². The number of carbonyl (C=O) groups is 1. The van der Waals surface area contributed by atoms with Gasteiger partial charge in [0.1, 0.15) is 0 Å². The minimum absolute atomic E-state index is 0.324. The summed E-state index contributed by atoms with van der Waals surface area (Å²) < 4.78 is 19.2. The largest absolute Gasteiger partial charge is 0.465 e. The van der Waals surface area contributed by atoms with Crippen LogP contribution in [0.1, 0.15) is 5.56 Å². The Kier molecular flexibility index (Phi) is 2.18. The molecule has 1 amide bonds. The summed E-state index contributed by atoms with van der Waals surface area (Å²) in [6, 6.07) is 4.63. The van der Waals surface area contributed by atoms with Crippen LogP contribution in [0.5, 0.6) is 0 Å². The van der Waals surface area contributed by atoms with E-state index >= 15 is 0 Å². The van der Waals surface area contributed by atoms with Gasteiger partial charge in [-0.05, 0) is 23.8 Å². The molecule has 0 aliphatic carbocycles. The smallest absolute Gasteiger partial charge is 0.409 e. The summed E-state index contributed by atoms with van der Waals surface area (Å²) in [5, 5.41) is 12.0. The first-order valence-electron chi connectivity index (χ1n) is 4.09. The van der Waals surface area contributed by atoms with Crippen molar-refractivity contribution in [3.8, 4) is 0 Å². The van der Waals surface area contributed by atoms with E-state index in [2.05, 4.69) is 5.32 Å². The number of amides is 1. The van der Waals surface area contributed by atoms with E-state index in [1.807, 2.05) is 0 Å². The molecule has 0 radical (unpaired) electrons. The lowest BCUT2D eigenvalue weighted by atomic mass is 10.2. The summed E-state index contributed by atoms with van der Waals surface area (Å²) in [6.07, 6.45) is 0.423. The number of nitrogens with one attached hydrogen (secondary N) is 1. The maximum atomic E-state index is 10.4. The van der Waals surface area contributed by atoms with E-state index in [4.69, 9.17) is 5.11 Å². The fourth-order valence-electron chi connectivity index (χ4n) is 1.37. The second-order valence-corrected chi connectivity index (χ2v) is 4.98. The zero-order valence-corrected chi connectivity index (χ0v) is 8.36. The second kappa shape index (κ2) is 3.27. The van der Waals surface area contributed by atoms with Crippen molar-refractivity contribution in [2.24, 2.45) is 0 Å². The Bertz CT molecular complexity index is 455. The van der Waals surface area contributed by atoms with Gasteiger partial charge in [0.25, 0.3) is 0 Å². The third-order valence-electron chi connectivity index (χ3n) is 2.03. The van der Waals surface area contributed by atoms with E-state index in [-0.39, 0.29) is 0 Å². The van der Waals surface area contributed by atoms with Crippen molar-refractivity contribution in [3.63, 3.8) is 0 Å². The Labute approximate surface area is 87.4 Å². The van der Waals surface area contributed by atoms with Gasteiger partial charge in [-0.15, -0.1) is 10.6 Å². The Hall–Kier alpha value is -1.50. The quantitative estimate of drug-likeness (QED) is 0.593. The normalized spacial score (nSPS) is 18.3. The average Bonchev–Trinajstić information content (AvgIpc) is 2.42. The molecule has 2 rings (SSSR count). The highest BCUT2D eigenvalue weighted by atomic mass is 32.3. The van der Waals surface area contributed by atoms with Gasteiger partial charge in [-0.3, -0.25) is 14.4 Å². The van der Waals surface area contributed by atoms with Crippen LogP contribution in [0.2, 0.25) is 0 Å². The fraction of sp³-hybridized carbons (Fsp3) is 0. The maximum Gasteiger partial charge on any atom is 0.409 e. The second-order valence-electron chi connectivity index (χ2n) is 3.08. The number of carboxylic acid groups (broad SMARTS) is 1. The van der Waals surface area contributed by atoms with Gasteiger partial charge < -0.3 is 5.11 Å². The third-order valence-corrected chi connectivity index (χ3v) is 3.54. The predicted octanol–water partition coefficient (Wildman–Crippen LogP) is 2.87. The summed E-state index contributed by atoms with van der Waals surface area (Å²) >= 11 is 0. The summed E-state index contributed by atoms with van der Waals surface area (Å²) in [6.45, 7) is 0. The Morgan fingerprint density at radius 1 is 1.33 bits per heavy atom. The molecule has 15 heavy (non-hydrogen) atoms. The highest BCUT2D eigenvalue weighted by Crippen LogP contribution is 2.56. The molecule has 4 N–H and O–H groups in total. The summed E-state index contributed by atoms with van der Waals surface area (Å²) in [7, 11) is -2.88. The van der Waals surface area contributed by atoms with Crippen LogP contribution in [-0.2, 0) is 0 Å². The van der Waals surface area contributed by atoms with Crippen LogP contribution < -0.4 is 5.32 Å². The van der Waals surface area contributed by atoms with E-state index in [0.29, 0.717) is 16.1 Å². The average molecular weight is 227 g/mol. The van der Waals surface area contributed by atoms with E-state index in [0.717, 1.165) is 0 Å². The molecule has 1 aliphatic heterocycles. The molecular formula is C9H9NO4S. The van der Waals surface area contributed by atoms with Crippen molar-refractivity contribution >= 4 is 28.4 Å². The van der Waals surface area contributed by atoms with Gasteiger partial charge in [0.15, 0.2) is 0 Å². The Morgan fingerprint density at radius 3 is 2.73 bits per heavy atom. The van der Waals surface area contributed by atoms with E-state index in [1.165, 1.54) is 11.5 Å². The third kappa shape index (κ3) is 1.82. The minimum Gasteiger partial charge on any atom is -0.465 e. The molecule has 6 heteroatoms. The van der Waals surface area contributed by atoms with Crippen LogP contribution in [0.25, 0.3) is 6.08 Å². The number of fused-ring (bicyclic) bond motifs is 1. The van der Waals surface area contributed by atoms with Gasteiger partial charge in [0.2, 0.25) is 0 Å². The molecule has 0 saturated heterocycles. The minimum atomic E-state index is -2.88. The van der Waals surface area contributed by atoms with Gasteiger partial charge in [-0.25, -0.2) is 4.79 Å². The van der Waals surface area contributed by atoms with Crippen LogP contribution in [0.15, 0.2) is 28.5 Å². The monoisotopic (exact) mass is 227 g/mol. The summed E-state index contributed by atoms with van der Waals surface area (Å²) in [5.74, 6) is 0. The molecular weight excluding hydrogens is 218 g/mol. The van der Waals surface area contributed by atoms with Crippen molar-refractivity contribution in [1.82, 2.24) is 0 Å². The van der Waals surface area contributed by atoms with Gasteiger partial charge >= 0.3 is 6.09 Å². The van der Waals surface area contributed by atoms with Crippen molar-refractivity contribution in [3.05, 3.63) is 29.2 Å². The fourth-order valence-corrected chi connectivity index (χ4v) is 2.64. The number of hydrogen-bond acceptors (Lipinski definition) is 3. The van der Waals surface area contributed by atoms with Gasteiger partial charge in [0.05, 0.1) is 4.90 Å². The molecule has 0 fully saturated rings. The predicted molar refractivity (Wildman–Crippen MR) is 58.2 cm³/mol. The van der Waals surface area contributed by atoms with Gasteiger partial charge in [-0.1, -0.05) is 6.07 Å². The molecule has 0 saturated carbocycles. The topological polar surface area (TPSA) is 89.8 Å². The van der Waals surface area contributed by atoms with Crippen LogP contribution in [0.3, 0.4) is 0 Å². The number of anilines is 1. The van der Waals surface area contributed by atoms with Crippen molar-refractivity contribution in [1.29, 1.82) is 0 Å². The molecule has 1 aromatic carbocycles. The Balaban J connectivity index is 2.40. The first-order valence-corrected chi connectivity index (χ1v) is 5.70. The first-order chi connectivity index (χ1) is 6.99. The summed E-state index contributed by atoms with van der Waals surface area (Å²) in [5.41, 5.74) is 1.02. The highest BCUT2D eigenvalue weighted by molar-refractivity contribution is 8.27. The molecule has 0 bridgehead atoms. The van der Waals surface area contributed by atoms with Crippen LogP contribution in [0.4, 0.5) is 10.5 Å². The van der Waals surface area contributed by atoms with Gasteiger partial charge in [-0.2, -0.15) is 0 Å². The van der Waals surface area contributed by atoms with Crippen molar-refractivity contribution in [2.75, 3.05) is 5.32 Å². The number of benzene rings is 1. The molecule has 1 heterocycles. The molecule has 0 aromatic heterocycles. The van der Waals surface area contributed by atoms with Crippen LogP contribution >= 0.6 is 10.6 Å². The van der Waals surface area contributed by atoms with Crippen LogP contribution in [-0.4, -0.2) is 20.3 Å². The standard InChI is InChI=1S/C9H9NO4S/c11-9(12)10-7-2-1-6-3-4-15(13,14)8(6)5-7/h1-5,10,13-14H,(H,11,12). The molecule has 80 valence electrons. The lowest BCUT2D eigenvalue weighted by Crippen LogP contribution is -2.07. The van der Waals surface area contributed by atoms with Crippen LogP contribution in [0, 0.1) is 0 Å². The first kappa shape index (κ1) is 10.0. The van der Waals surface area contributed by atoms with Gasteiger partial charge in [0, 0.05) is 11.1 Å². The molecule has 0 spiro atoms. The van der Waals surface area contributed by atoms with E-state index in [1.54, 1.807) is 18.2 Å². The zero-order valence-electron chi connectivity index (χ0n) is 7.54. The Morgan fingerprint density at radius 2 is 2.07 bits per heavy atom. The van der Waals surface area contributed by atoms with E-state index < -0.39 is 16.7 Å². The number of hydrogen-bond donors (Lipinski definition) is 4. The lowest BCUT2D eigenvalue weighted by Gasteiger charge is -2.25. The molecule has 0 atom stereocenters. The summed E-state index contributed by atoms with van der Waals surface area (Å²) in [4.78, 5) is 10.7. The van der Waals surface area contributed by atoms with Crippen molar-refractivity contribution < 1.29 is 19.0 Å². The maximum absolute atomic E-state index is 10.4. The molecule has 1 aliphatic rings. The highest BCUT2D eigenvalue weighted by Gasteiger charge is 2.21.